The van der Waals surface area contributed by atoms with Gasteiger partial charge in [0.1, 0.15) is 11.2 Å². The third kappa shape index (κ3) is 8.92. The van der Waals surface area contributed by atoms with Gasteiger partial charge < -0.3 is 22.7 Å². The van der Waals surface area contributed by atoms with Gasteiger partial charge >= 0.3 is 0 Å². The smallest absolute Gasteiger partial charge is 0.136 e. The first-order valence-corrected chi connectivity index (χ1v) is 36.4. The Hall–Kier alpha value is -13.5. The van der Waals surface area contributed by atoms with E-state index in [0.717, 1.165) is 44.7 Å². The number of thiophene rings is 1. The van der Waals surface area contributed by atoms with Crippen LogP contribution in [0.4, 0.5) is 0 Å². The maximum Gasteiger partial charge on any atom is 0.136 e. The standard InChI is InChI=1S/C52H32N2S.C46H28N2O/c1-2-10-33(11-3-1)34-18-24-38(25-19-34)53-46-16-8-6-14-41(46)43-31-45-49(32-48(43)53)54(47-28-22-36-12-4-5-13-40(36)52(45)47)39-26-20-35(21-27-39)37-23-29-51-44(30-37)42-15-7-9-17-50(42)55-51;1-2-12-31(13-3-1)47-39-18-8-6-15-35(39)37-27-38-42(28-41(37)47)48(40-26-23-29-11-4-5-14-33(29)45(38)40)32-24-21-30(22-25-32)34-17-10-20-44-46(34)36-16-7-9-19-43(36)49-44/h1-32H;1-28H. The Balaban J connectivity index is 0.000000132. The van der Waals surface area contributed by atoms with Crippen LogP contribution in [0.1, 0.15) is 0 Å². The molecule has 0 saturated heterocycles. The van der Waals surface area contributed by atoms with Crippen LogP contribution < -0.4 is 0 Å². The second-order valence-corrected chi connectivity index (χ2v) is 28.5. The molecule has 23 aromatic rings. The summed E-state index contributed by atoms with van der Waals surface area (Å²) >= 11 is 1.86. The Morgan fingerprint density at radius 2 is 0.606 bits per heavy atom. The Morgan fingerprint density at radius 1 is 0.192 bits per heavy atom. The zero-order valence-electron chi connectivity index (χ0n) is 56.2. The van der Waals surface area contributed by atoms with Crippen LogP contribution in [0.2, 0.25) is 0 Å². The predicted molar refractivity (Wildman–Crippen MR) is 442 cm³/mol. The number of benzene rings is 17. The quantitative estimate of drug-likeness (QED) is 0.157. The van der Waals surface area contributed by atoms with Gasteiger partial charge in [-0.3, -0.25) is 0 Å². The van der Waals surface area contributed by atoms with E-state index in [0.29, 0.717) is 0 Å². The summed E-state index contributed by atoms with van der Waals surface area (Å²) in [6.45, 7) is 0. The second-order valence-electron chi connectivity index (χ2n) is 27.4. The van der Waals surface area contributed by atoms with E-state index in [1.54, 1.807) is 0 Å². The van der Waals surface area contributed by atoms with E-state index in [1.165, 1.54) is 162 Å². The van der Waals surface area contributed by atoms with Crippen molar-refractivity contribution < 1.29 is 4.42 Å². The maximum absolute atomic E-state index is 6.22. The third-order valence-corrected chi connectivity index (χ3v) is 23.0. The minimum absolute atomic E-state index is 0.912. The van der Waals surface area contributed by atoms with Gasteiger partial charge in [-0.1, -0.05) is 237 Å². The van der Waals surface area contributed by atoms with Gasteiger partial charge in [-0.15, -0.1) is 11.3 Å². The highest BCUT2D eigenvalue weighted by molar-refractivity contribution is 7.25. The molecule has 6 heteroatoms. The zero-order chi connectivity index (χ0) is 68.1. The fourth-order valence-corrected chi connectivity index (χ4v) is 18.2. The molecule has 0 N–H and O–H groups in total. The minimum Gasteiger partial charge on any atom is -0.456 e. The van der Waals surface area contributed by atoms with Gasteiger partial charge in [0.05, 0.1) is 44.1 Å². The van der Waals surface area contributed by atoms with E-state index in [4.69, 9.17) is 4.42 Å². The summed E-state index contributed by atoms with van der Waals surface area (Å²) in [5, 5.41) is 20.1. The van der Waals surface area contributed by atoms with Crippen molar-refractivity contribution in [2.45, 2.75) is 0 Å². The molecular weight excluding hydrogens is 1280 g/mol. The number of aromatic nitrogens is 4. The molecule has 0 amide bonds. The van der Waals surface area contributed by atoms with Crippen LogP contribution >= 0.6 is 11.3 Å². The van der Waals surface area contributed by atoms with Crippen molar-refractivity contribution in [3.8, 4) is 56.1 Å². The molecule has 6 aromatic heterocycles. The number of fused-ring (bicyclic) bond motifs is 22. The summed E-state index contributed by atoms with van der Waals surface area (Å²) in [7, 11) is 0. The average Bonchev–Trinajstić information content (AvgIpc) is 1.55. The van der Waals surface area contributed by atoms with E-state index in [-0.39, 0.29) is 0 Å². The molecule has 0 unspecified atom stereocenters. The molecular formula is C98H60N4OS. The molecule has 104 heavy (non-hydrogen) atoms. The molecule has 0 atom stereocenters. The molecule has 0 aliphatic heterocycles. The van der Waals surface area contributed by atoms with Gasteiger partial charge in [-0.2, -0.15) is 0 Å². The number of hydrogen-bond acceptors (Lipinski definition) is 2. The normalized spacial score (nSPS) is 12.0. The third-order valence-electron chi connectivity index (χ3n) is 21.8. The molecule has 484 valence electrons. The summed E-state index contributed by atoms with van der Waals surface area (Å²) in [5.74, 6) is 0. The lowest BCUT2D eigenvalue weighted by Crippen LogP contribution is -1.96. The average molecular weight is 1340 g/mol. The molecule has 0 aliphatic carbocycles. The van der Waals surface area contributed by atoms with Crippen LogP contribution in [-0.4, -0.2) is 18.3 Å². The fraction of sp³-hybridized carbons (Fsp3) is 0. The molecule has 6 heterocycles. The molecule has 0 spiro atoms. The van der Waals surface area contributed by atoms with Crippen molar-refractivity contribution in [3.05, 3.63) is 364 Å². The Morgan fingerprint density at radius 3 is 1.19 bits per heavy atom. The van der Waals surface area contributed by atoms with E-state index < -0.39 is 0 Å². The number of hydrogen-bond donors (Lipinski definition) is 0. The summed E-state index contributed by atoms with van der Waals surface area (Å²) in [4.78, 5) is 0. The molecule has 0 bridgehead atoms. The van der Waals surface area contributed by atoms with Crippen molar-refractivity contribution in [2.24, 2.45) is 0 Å². The highest BCUT2D eigenvalue weighted by Gasteiger charge is 2.24. The van der Waals surface area contributed by atoms with Gasteiger partial charge in [0, 0.05) is 96.8 Å². The lowest BCUT2D eigenvalue weighted by molar-refractivity contribution is 0.669. The van der Waals surface area contributed by atoms with Crippen LogP contribution in [0.5, 0.6) is 0 Å². The second kappa shape index (κ2) is 23.0. The number of furan rings is 1. The maximum atomic E-state index is 6.22. The molecule has 23 rings (SSSR count). The van der Waals surface area contributed by atoms with Gasteiger partial charge in [0.2, 0.25) is 0 Å². The number of nitrogens with zero attached hydrogens (tertiary/aromatic N) is 4. The van der Waals surface area contributed by atoms with E-state index in [2.05, 4.69) is 370 Å². The SMILES string of the molecule is c1ccc(-c2ccc(-n3c4ccccc4c4cc5c6c7ccccc7ccc6n(-c6ccc(-c7ccc8sc9ccccc9c8c7)cc6)c5cc43)cc2)cc1.c1ccc(-n2c3ccccc3c3cc4c5c6ccccc6ccc5n(-c5ccc(-c6cccc7oc8ccccc8c67)cc5)c4cc32)cc1. The van der Waals surface area contributed by atoms with Gasteiger partial charge in [0.15, 0.2) is 0 Å². The monoisotopic (exact) mass is 1340 g/mol. The summed E-state index contributed by atoms with van der Waals surface area (Å²) in [5.41, 5.74) is 23.3. The van der Waals surface area contributed by atoms with Crippen molar-refractivity contribution in [3.63, 3.8) is 0 Å². The number of rotatable bonds is 7. The molecule has 0 fully saturated rings. The lowest BCUT2D eigenvalue weighted by atomic mass is 9.99. The minimum atomic E-state index is 0.912. The summed E-state index contributed by atoms with van der Waals surface area (Å²) in [6.07, 6.45) is 0. The van der Waals surface area contributed by atoms with Crippen LogP contribution in [0.25, 0.3) is 207 Å². The Labute approximate surface area is 601 Å². The summed E-state index contributed by atoms with van der Waals surface area (Å²) in [6, 6.07) is 133. The van der Waals surface area contributed by atoms with Crippen molar-refractivity contribution >= 4 is 162 Å². The van der Waals surface area contributed by atoms with Crippen molar-refractivity contribution in [1.29, 1.82) is 0 Å². The van der Waals surface area contributed by atoms with E-state index in [9.17, 15) is 0 Å². The zero-order valence-corrected chi connectivity index (χ0v) is 57.1. The van der Waals surface area contributed by atoms with Crippen molar-refractivity contribution in [1.82, 2.24) is 18.3 Å². The first-order valence-electron chi connectivity index (χ1n) is 35.6. The molecule has 5 nitrogen and oxygen atoms in total. The largest absolute Gasteiger partial charge is 0.456 e. The molecule has 0 radical (unpaired) electrons. The van der Waals surface area contributed by atoms with Crippen LogP contribution in [0.3, 0.4) is 0 Å². The highest BCUT2D eigenvalue weighted by atomic mass is 32.1. The lowest BCUT2D eigenvalue weighted by Gasteiger charge is -2.12. The topological polar surface area (TPSA) is 32.9 Å². The Bertz CT molecular complexity index is 7430. The van der Waals surface area contributed by atoms with Crippen molar-refractivity contribution in [2.75, 3.05) is 0 Å². The van der Waals surface area contributed by atoms with E-state index >= 15 is 0 Å². The molecule has 17 aromatic carbocycles. The highest BCUT2D eigenvalue weighted by Crippen LogP contribution is 2.46. The fourth-order valence-electron chi connectivity index (χ4n) is 17.1. The Kier molecular flexibility index (Phi) is 12.9. The van der Waals surface area contributed by atoms with E-state index in [1.807, 2.05) is 23.5 Å². The predicted octanol–water partition coefficient (Wildman–Crippen LogP) is 27.3. The van der Waals surface area contributed by atoms with Crippen LogP contribution in [0.15, 0.2) is 368 Å². The number of para-hydroxylation sites is 4. The van der Waals surface area contributed by atoms with Crippen LogP contribution in [-0.2, 0) is 0 Å². The first-order chi connectivity index (χ1) is 51.6. The van der Waals surface area contributed by atoms with Crippen LogP contribution in [0, 0.1) is 0 Å². The van der Waals surface area contributed by atoms with Gasteiger partial charge in [-0.25, -0.2) is 0 Å². The van der Waals surface area contributed by atoms with Gasteiger partial charge in [-0.05, 0) is 182 Å². The summed E-state index contributed by atoms with van der Waals surface area (Å²) < 4.78 is 18.6. The van der Waals surface area contributed by atoms with Gasteiger partial charge in [0.25, 0.3) is 0 Å². The molecule has 0 saturated carbocycles. The molecule has 0 aliphatic rings. The first kappa shape index (κ1) is 58.3.